The number of halogens is 2. The summed E-state index contributed by atoms with van der Waals surface area (Å²) in [6, 6.07) is 19.9. The largest absolute Gasteiger partial charge is 0.348 e. The van der Waals surface area contributed by atoms with Crippen molar-refractivity contribution >= 4 is 15.9 Å². The summed E-state index contributed by atoms with van der Waals surface area (Å²) in [5.41, 5.74) is 3.54. The highest BCUT2D eigenvalue weighted by Crippen LogP contribution is 2.34. The smallest absolute Gasteiger partial charge is 0.123 e. The van der Waals surface area contributed by atoms with Crippen molar-refractivity contribution < 1.29 is 4.39 Å². The molecule has 4 heteroatoms. The van der Waals surface area contributed by atoms with Crippen molar-refractivity contribution in [3.05, 3.63) is 94.0 Å². The van der Waals surface area contributed by atoms with E-state index >= 15 is 0 Å². The number of benzene rings is 2. The van der Waals surface area contributed by atoms with Crippen LogP contribution in [0.1, 0.15) is 22.9 Å². The van der Waals surface area contributed by atoms with Gasteiger partial charge in [0.15, 0.2) is 0 Å². The highest BCUT2D eigenvalue weighted by atomic mass is 79.9. The van der Waals surface area contributed by atoms with Gasteiger partial charge in [0.05, 0.1) is 6.04 Å². The Bertz CT molecular complexity index is 844. The molecular weight excluding hydrogens is 367 g/mol. The standard InChI is InChI=1S/C20H18BrFN2/c21-18-9-8-17(22)13-16(18)14-24-12-11-23-10-4-7-19(23)20(24)15-5-2-1-3-6-15/h1-10,13,20H,11-12,14H2. The summed E-state index contributed by atoms with van der Waals surface area (Å²) in [6.45, 7) is 2.60. The molecule has 0 saturated carbocycles. The van der Waals surface area contributed by atoms with E-state index in [1.54, 1.807) is 12.1 Å². The summed E-state index contributed by atoms with van der Waals surface area (Å²) in [6.07, 6.45) is 2.14. The van der Waals surface area contributed by atoms with Gasteiger partial charge < -0.3 is 4.57 Å². The van der Waals surface area contributed by atoms with Crippen molar-refractivity contribution in [1.82, 2.24) is 9.47 Å². The van der Waals surface area contributed by atoms with Gasteiger partial charge >= 0.3 is 0 Å². The molecule has 2 nitrogen and oxygen atoms in total. The second kappa shape index (κ2) is 6.54. The first-order valence-corrected chi connectivity index (χ1v) is 8.89. The van der Waals surface area contributed by atoms with Crippen LogP contribution in [-0.4, -0.2) is 16.0 Å². The molecule has 0 fully saturated rings. The Kier molecular flexibility index (Phi) is 4.25. The van der Waals surface area contributed by atoms with E-state index in [2.05, 4.69) is 68.0 Å². The van der Waals surface area contributed by atoms with Crippen LogP contribution in [0.25, 0.3) is 0 Å². The second-order valence-electron chi connectivity index (χ2n) is 6.15. The quantitative estimate of drug-likeness (QED) is 0.617. The van der Waals surface area contributed by atoms with Gasteiger partial charge in [0.1, 0.15) is 5.82 Å². The fourth-order valence-corrected chi connectivity index (χ4v) is 3.87. The fraction of sp³-hybridized carbons (Fsp3) is 0.200. The summed E-state index contributed by atoms with van der Waals surface area (Å²) in [7, 11) is 0. The minimum absolute atomic E-state index is 0.185. The number of hydrogen-bond acceptors (Lipinski definition) is 1. The molecule has 0 spiro atoms. The number of rotatable bonds is 3. The van der Waals surface area contributed by atoms with Crippen LogP contribution in [-0.2, 0) is 13.1 Å². The summed E-state index contributed by atoms with van der Waals surface area (Å²) < 4.78 is 16.9. The molecule has 1 aliphatic heterocycles. The molecule has 1 aliphatic rings. The van der Waals surface area contributed by atoms with Crippen molar-refractivity contribution in [3.63, 3.8) is 0 Å². The first-order chi connectivity index (χ1) is 11.7. The Morgan fingerprint density at radius 3 is 2.67 bits per heavy atom. The maximum atomic E-state index is 13.7. The predicted octanol–water partition coefficient (Wildman–Crippen LogP) is 4.99. The van der Waals surface area contributed by atoms with Gasteiger partial charge in [-0.3, -0.25) is 4.90 Å². The van der Waals surface area contributed by atoms with Crippen LogP contribution in [0, 0.1) is 5.82 Å². The van der Waals surface area contributed by atoms with Crippen LogP contribution >= 0.6 is 15.9 Å². The summed E-state index contributed by atoms with van der Waals surface area (Å²) in [4.78, 5) is 2.42. The number of nitrogens with zero attached hydrogens (tertiary/aromatic N) is 2. The minimum atomic E-state index is -0.190. The van der Waals surface area contributed by atoms with Crippen LogP contribution < -0.4 is 0 Å². The molecule has 0 amide bonds. The lowest BCUT2D eigenvalue weighted by molar-refractivity contribution is 0.174. The molecule has 1 atom stereocenters. The molecule has 2 aromatic carbocycles. The van der Waals surface area contributed by atoms with Crippen LogP contribution in [0.5, 0.6) is 0 Å². The fourth-order valence-electron chi connectivity index (χ4n) is 3.50. The molecule has 2 heterocycles. The van der Waals surface area contributed by atoms with E-state index in [4.69, 9.17) is 0 Å². The molecule has 24 heavy (non-hydrogen) atoms. The van der Waals surface area contributed by atoms with E-state index in [9.17, 15) is 4.39 Å². The lowest BCUT2D eigenvalue weighted by Gasteiger charge is -2.37. The Morgan fingerprint density at radius 1 is 1.00 bits per heavy atom. The zero-order chi connectivity index (χ0) is 16.5. The average molecular weight is 385 g/mol. The van der Waals surface area contributed by atoms with Gasteiger partial charge in [-0.15, -0.1) is 0 Å². The molecule has 1 unspecified atom stereocenters. The van der Waals surface area contributed by atoms with Crippen molar-refractivity contribution in [2.45, 2.75) is 19.1 Å². The first-order valence-electron chi connectivity index (χ1n) is 8.10. The van der Waals surface area contributed by atoms with Gasteiger partial charge in [-0.05, 0) is 41.5 Å². The third-order valence-electron chi connectivity index (χ3n) is 4.63. The molecule has 0 radical (unpaired) electrons. The molecule has 3 aromatic rings. The van der Waals surface area contributed by atoms with E-state index in [1.165, 1.54) is 17.3 Å². The summed E-state index contributed by atoms with van der Waals surface area (Å²) >= 11 is 3.56. The molecule has 0 N–H and O–H groups in total. The zero-order valence-corrected chi connectivity index (χ0v) is 14.8. The average Bonchev–Trinajstić information content (AvgIpc) is 3.07. The van der Waals surface area contributed by atoms with Crippen LogP contribution in [0.4, 0.5) is 4.39 Å². The lowest BCUT2D eigenvalue weighted by atomic mass is 9.99. The monoisotopic (exact) mass is 384 g/mol. The van der Waals surface area contributed by atoms with Crippen molar-refractivity contribution in [1.29, 1.82) is 0 Å². The minimum Gasteiger partial charge on any atom is -0.348 e. The van der Waals surface area contributed by atoms with Gasteiger partial charge in [0.2, 0.25) is 0 Å². The summed E-state index contributed by atoms with van der Waals surface area (Å²) in [5, 5.41) is 0. The number of aromatic nitrogens is 1. The highest BCUT2D eigenvalue weighted by molar-refractivity contribution is 9.10. The summed E-state index contributed by atoms with van der Waals surface area (Å²) in [5.74, 6) is -0.190. The Hall–Kier alpha value is -1.91. The van der Waals surface area contributed by atoms with E-state index in [1.807, 2.05) is 6.07 Å². The van der Waals surface area contributed by atoms with Crippen LogP contribution in [0.15, 0.2) is 71.3 Å². The Balaban J connectivity index is 1.73. The van der Waals surface area contributed by atoms with Gasteiger partial charge in [-0.25, -0.2) is 4.39 Å². The van der Waals surface area contributed by atoms with E-state index in [-0.39, 0.29) is 11.9 Å². The predicted molar refractivity (Wildman–Crippen MR) is 97.2 cm³/mol. The van der Waals surface area contributed by atoms with Crippen molar-refractivity contribution in [2.24, 2.45) is 0 Å². The van der Waals surface area contributed by atoms with E-state index in [0.29, 0.717) is 6.54 Å². The SMILES string of the molecule is Fc1ccc(Br)c(CN2CCn3cccc3C2c2ccccc2)c1. The van der Waals surface area contributed by atoms with Crippen molar-refractivity contribution in [2.75, 3.05) is 6.54 Å². The number of hydrogen-bond donors (Lipinski definition) is 0. The third-order valence-corrected chi connectivity index (χ3v) is 5.41. The third kappa shape index (κ3) is 2.92. The molecule has 0 bridgehead atoms. The van der Waals surface area contributed by atoms with Crippen LogP contribution in [0.2, 0.25) is 0 Å². The van der Waals surface area contributed by atoms with Crippen molar-refractivity contribution in [3.8, 4) is 0 Å². The highest BCUT2D eigenvalue weighted by Gasteiger charge is 2.29. The van der Waals surface area contributed by atoms with Gasteiger partial charge in [-0.2, -0.15) is 0 Å². The topological polar surface area (TPSA) is 8.17 Å². The first kappa shape index (κ1) is 15.6. The molecule has 4 rings (SSSR count). The van der Waals surface area contributed by atoms with E-state index in [0.717, 1.165) is 23.1 Å². The Labute approximate surface area is 149 Å². The van der Waals surface area contributed by atoms with Gasteiger partial charge in [0, 0.05) is 36.0 Å². The normalized spacial score (nSPS) is 17.7. The van der Waals surface area contributed by atoms with Crippen LogP contribution in [0.3, 0.4) is 0 Å². The maximum Gasteiger partial charge on any atom is 0.123 e. The molecule has 0 aliphatic carbocycles. The molecule has 122 valence electrons. The molecule has 0 saturated heterocycles. The van der Waals surface area contributed by atoms with E-state index < -0.39 is 0 Å². The van der Waals surface area contributed by atoms with Gasteiger partial charge in [-0.1, -0.05) is 46.3 Å². The lowest BCUT2D eigenvalue weighted by Crippen LogP contribution is -2.38. The Morgan fingerprint density at radius 2 is 1.83 bits per heavy atom. The number of fused-ring (bicyclic) bond motifs is 1. The second-order valence-corrected chi connectivity index (χ2v) is 7.00. The maximum absolute atomic E-state index is 13.7. The zero-order valence-electron chi connectivity index (χ0n) is 13.2. The van der Waals surface area contributed by atoms with Gasteiger partial charge in [0.25, 0.3) is 0 Å². The molecular formula is C20H18BrFN2. The molecule has 1 aromatic heterocycles.